The zero-order valence-electron chi connectivity index (χ0n) is 9.63. The van der Waals surface area contributed by atoms with E-state index >= 15 is 0 Å². The Hall–Kier alpha value is -1.74. The molecule has 0 bridgehead atoms. The van der Waals surface area contributed by atoms with Crippen LogP contribution < -0.4 is 5.73 Å². The van der Waals surface area contributed by atoms with Crippen LogP contribution in [0.15, 0.2) is 36.5 Å². The first-order valence-corrected chi connectivity index (χ1v) is 6.01. The molecule has 0 fully saturated rings. The fourth-order valence-electron chi connectivity index (χ4n) is 2.31. The van der Waals surface area contributed by atoms with E-state index < -0.39 is 0 Å². The van der Waals surface area contributed by atoms with Gasteiger partial charge in [0.15, 0.2) is 5.82 Å². The molecule has 3 rings (SSSR count). The Morgan fingerprint density at radius 3 is 2.82 bits per heavy atom. The maximum absolute atomic E-state index is 6.06. The lowest BCUT2D eigenvalue weighted by Gasteiger charge is -2.20. The Bertz CT molecular complexity index is 522. The highest BCUT2D eigenvalue weighted by atomic mass is 14.9. The van der Waals surface area contributed by atoms with Gasteiger partial charge in [-0.2, -0.15) is 0 Å². The fourth-order valence-corrected chi connectivity index (χ4v) is 2.31. The van der Waals surface area contributed by atoms with Crippen LogP contribution in [0, 0.1) is 0 Å². The summed E-state index contributed by atoms with van der Waals surface area (Å²) in [6, 6.07) is 10.2. The quantitative estimate of drug-likeness (QED) is 0.811. The molecule has 17 heavy (non-hydrogen) atoms. The standard InChI is InChI=1S/C14H15N3/c15-12-7-4-8-13-11(12)9-16-14(17-13)10-5-2-1-3-6-10/h1-3,5-6,9,12H,4,7-8,15H2/t12-/m1/s1. The van der Waals surface area contributed by atoms with Crippen molar-refractivity contribution in [1.82, 2.24) is 9.97 Å². The monoisotopic (exact) mass is 225 g/mol. The lowest BCUT2D eigenvalue weighted by atomic mass is 9.93. The minimum Gasteiger partial charge on any atom is -0.324 e. The van der Waals surface area contributed by atoms with Crippen molar-refractivity contribution in [3.05, 3.63) is 47.8 Å². The molecular formula is C14H15N3. The summed E-state index contributed by atoms with van der Waals surface area (Å²) in [6.45, 7) is 0. The molecule has 1 aliphatic rings. The minimum absolute atomic E-state index is 0.114. The second-order valence-corrected chi connectivity index (χ2v) is 4.46. The predicted molar refractivity (Wildman–Crippen MR) is 67.3 cm³/mol. The molecule has 1 heterocycles. The molecule has 86 valence electrons. The van der Waals surface area contributed by atoms with Gasteiger partial charge in [-0.1, -0.05) is 30.3 Å². The van der Waals surface area contributed by atoms with Crippen molar-refractivity contribution in [2.24, 2.45) is 5.73 Å². The zero-order chi connectivity index (χ0) is 11.7. The topological polar surface area (TPSA) is 51.8 Å². The molecule has 1 aromatic carbocycles. The highest BCUT2D eigenvalue weighted by Gasteiger charge is 2.19. The second kappa shape index (κ2) is 4.26. The number of nitrogens with two attached hydrogens (primary N) is 1. The fraction of sp³-hybridized carbons (Fsp3) is 0.286. The van der Waals surface area contributed by atoms with E-state index in [1.165, 1.54) is 0 Å². The van der Waals surface area contributed by atoms with Crippen LogP contribution in [0.25, 0.3) is 11.4 Å². The molecule has 2 aromatic rings. The largest absolute Gasteiger partial charge is 0.324 e. The number of hydrogen-bond donors (Lipinski definition) is 1. The number of aryl methyl sites for hydroxylation is 1. The van der Waals surface area contributed by atoms with E-state index in [-0.39, 0.29) is 6.04 Å². The summed E-state index contributed by atoms with van der Waals surface area (Å²) in [7, 11) is 0. The van der Waals surface area contributed by atoms with E-state index in [0.29, 0.717) is 0 Å². The molecule has 3 nitrogen and oxygen atoms in total. The maximum Gasteiger partial charge on any atom is 0.159 e. The first-order valence-electron chi connectivity index (χ1n) is 6.01. The van der Waals surface area contributed by atoms with E-state index in [2.05, 4.69) is 9.97 Å². The van der Waals surface area contributed by atoms with Crippen molar-refractivity contribution < 1.29 is 0 Å². The Kier molecular flexibility index (Phi) is 2.61. The van der Waals surface area contributed by atoms with Crippen LogP contribution in [-0.4, -0.2) is 9.97 Å². The molecule has 0 saturated carbocycles. The summed E-state index contributed by atoms with van der Waals surface area (Å²) < 4.78 is 0. The average molecular weight is 225 g/mol. The van der Waals surface area contributed by atoms with E-state index in [1.807, 2.05) is 36.5 Å². The number of aromatic nitrogens is 2. The van der Waals surface area contributed by atoms with Crippen molar-refractivity contribution in [2.45, 2.75) is 25.3 Å². The van der Waals surface area contributed by atoms with Crippen LogP contribution >= 0.6 is 0 Å². The number of nitrogens with zero attached hydrogens (tertiary/aromatic N) is 2. The van der Waals surface area contributed by atoms with Crippen molar-refractivity contribution in [2.75, 3.05) is 0 Å². The van der Waals surface area contributed by atoms with Gasteiger partial charge in [0.1, 0.15) is 0 Å². The lowest BCUT2D eigenvalue weighted by Crippen LogP contribution is -2.19. The molecule has 1 atom stereocenters. The first-order chi connectivity index (χ1) is 8.34. The first kappa shape index (κ1) is 10.4. The Morgan fingerprint density at radius 1 is 1.18 bits per heavy atom. The summed E-state index contributed by atoms with van der Waals surface area (Å²) in [5, 5.41) is 0. The van der Waals surface area contributed by atoms with Crippen LogP contribution in [0.5, 0.6) is 0 Å². The highest BCUT2D eigenvalue weighted by Crippen LogP contribution is 2.27. The van der Waals surface area contributed by atoms with Gasteiger partial charge >= 0.3 is 0 Å². The molecule has 0 spiro atoms. The minimum atomic E-state index is 0.114. The van der Waals surface area contributed by atoms with Gasteiger partial charge in [-0.25, -0.2) is 9.97 Å². The van der Waals surface area contributed by atoms with E-state index in [0.717, 1.165) is 41.9 Å². The maximum atomic E-state index is 6.06. The summed E-state index contributed by atoms with van der Waals surface area (Å²) >= 11 is 0. The molecule has 1 aromatic heterocycles. The van der Waals surface area contributed by atoms with Gasteiger partial charge in [0.05, 0.1) is 0 Å². The van der Waals surface area contributed by atoms with Crippen LogP contribution in [0.4, 0.5) is 0 Å². The van der Waals surface area contributed by atoms with Gasteiger partial charge in [-0.3, -0.25) is 0 Å². The van der Waals surface area contributed by atoms with Gasteiger partial charge in [0.25, 0.3) is 0 Å². The summed E-state index contributed by atoms with van der Waals surface area (Å²) in [6.07, 6.45) is 5.08. The summed E-state index contributed by atoms with van der Waals surface area (Å²) in [5.41, 5.74) is 9.36. The van der Waals surface area contributed by atoms with Crippen LogP contribution in [-0.2, 0) is 6.42 Å². The van der Waals surface area contributed by atoms with Crippen molar-refractivity contribution >= 4 is 0 Å². The number of benzene rings is 1. The Labute approximate surface area is 101 Å². The zero-order valence-corrected chi connectivity index (χ0v) is 9.63. The molecule has 0 radical (unpaired) electrons. The Balaban J connectivity index is 2.04. The molecule has 0 amide bonds. The van der Waals surface area contributed by atoms with Crippen molar-refractivity contribution in [3.8, 4) is 11.4 Å². The normalized spacial score (nSPS) is 18.8. The number of hydrogen-bond acceptors (Lipinski definition) is 3. The van der Waals surface area contributed by atoms with Gasteiger partial charge in [0, 0.05) is 29.1 Å². The molecular weight excluding hydrogens is 210 g/mol. The van der Waals surface area contributed by atoms with E-state index in [1.54, 1.807) is 0 Å². The molecule has 1 aliphatic carbocycles. The second-order valence-electron chi connectivity index (χ2n) is 4.46. The van der Waals surface area contributed by atoms with Crippen LogP contribution in [0.2, 0.25) is 0 Å². The number of fused-ring (bicyclic) bond motifs is 1. The molecule has 0 aliphatic heterocycles. The van der Waals surface area contributed by atoms with Crippen LogP contribution in [0.3, 0.4) is 0 Å². The van der Waals surface area contributed by atoms with Crippen molar-refractivity contribution in [3.63, 3.8) is 0 Å². The predicted octanol–water partition coefficient (Wildman–Crippen LogP) is 2.48. The SMILES string of the molecule is N[C@@H]1CCCc2nc(-c3ccccc3)ncc21. The highest BCUT2D eigenvalue weighted by molar-refractivity contribution is 5.54. The Morgan fingerprint density at radius 2 is 2.00 bits per heavy atom. The third-order valence-corrected chi connectivity index (χ3v) is 3.26. The lowest BCUT2D eigenvalue weighted by molar-refractivity contribution is 0.557. The smallest absolute Gasteiger partial charge is 0.159 e. The van der Waals surface area contributed by atoms with Gasteiger partial charge in [-0.15, -0.1) is 0 Å². The molecule has 3 heteroatoms. The third-order valence-electron chi connectivity index (χ3n) is 3.26. The van der Waals surface area contributed by atoms with Gasteiger partial charge in [-0.05, 0) is 19.3 Å². The third kappa shape index (κ3) is 1.94. The average Bonchev–Trinajstić information content (AvgIpc) is 2.40. The van der Waals surface area contributed by atoms with Crippen molar-refractivity contribution in [1.29, 1.82) is 0 Å². The summed E-state index contributed by atoms with van der Waals surface area (Å²) in [5.74, 6) is 0.804. The number of rotatable bonds is 1. The van der Waals surface area contributed by atoms with Crippen LogP contribution in [0.1, 0.15) is 30.1 Å². The summed E-state index contributed by atoms with van der Waals surface area (Å²) in [4.78, 5) is 9.06. The molecule has 2 N–H and O–H groups in total. The van der Waals surface area contributed by atoms with E-state index in [4.69, 9.17) is 5.73 Å². The van der Waals surface area contributed by atoms with Gasteiger partial charge < -0.3 is 5.73 Å². The molecule has 0 unspecified atom stereocenters. The van der Waals surface area contributed by atoms with Gasteiger partial charge in [0.2, 0.25) is 0 Å². The molecule has 0 saturated heterocycles. The van der Waals surface area contributed by atoms with E-state index in [9.17, 15) is 0 Å².